The number of piperazine rings is 1. The molecule has 0 bridgehead atoms. The van der Waals surface area contributed by atoms with Gasteiger partial charge in [0.2, 0.25) is 5.91 Å². The molecule has 0 aliphatic carbocycles. The van der Waals surface area contributed by atoms with Crippen LogP contribution in [0, 0.1) is 0 Å². The highest BCUT2D eigenvalue weighted by molar-refractivity contribution is 5.76. The fraction of sp³-hybridized carbons (Fsp3) is 0.429. The molecule has 1 fully saturated rings. The van der Waals surface area contributed by atoms with Crippen molar-refractivity contribution in [3.05, 3.63) is 59.8 Å². The summed E-state index contributed by atoms with van der Waals surface area (Å²) in [5.41, 5.74) is -0.400. The average molecular weight is 406 g/mol. The molecule has 29 heavy (non-hydrogen) atoms. The number of pyridine rings is 1. The van der Waals surface area contributed by atoms with Crippen molar-refractivity contribution in [3.8, 4) is 0 Å². The van der Waals surface area contributed by atoms with Gasteiger partial charge < -0.3 is 14.7 Å². The molecule has 0 spiro atoms. The van der Waals surface area contributed by atoms with E-state index in [4.69, 9.17) is 0 Å². The minimum Gasteiger partial charge on any atom is -0.353 e. The van der Waals surface area contributed by atoms with Gasteiger partial charge in [0.15, 0.2) is 0 Å². The van der Waals surface area contributed by atoms with Crippen LogP contribution in [-0.4, -0.2) is 60.5 Å². The number of alkyl halides is 3. The van der Waals surface area contributed by atoms with Crippen LogP contribution < -0.4 is 4.90 Å². The SMILES string of the molecule is CN(CCC(=O)N1CCN(c2ccccn2)CC1)Cc1ccccc1C(F)(F)F. The van der Waals surface area contributed by atoms with Crippen molar-refractivity contribution in [1.82, 2.24) is 14.8 Å². The van der Waals surface area contributed by atoms with E-state index in [2.05, 4.69) is 9.88 Å². The van der Waals surface area contributed by atoms with Crippen molar-refractivity contribution in [2.24, 2.45) is 0 Å². The lowest BCUT2D eigenvalue weighted by Gasteiger charge is -2.35. The highest BCUT2D eigenvalue weighted by atomic mass is 19.4. The molecule has 0 N–H and O–H groups in total. The molecule has 1 aromatic heterocycles. The highest BCUT2D eigenvalue weighted by Gasteiger charge is 2.33. The van der Waals surface area contributed by atoms with Crippen molar-refractivity contribution >= 4 is 11.7 Å². The first kappa shape index (κ1) is 21.1. The zero-order valence-electron chi connectivity index (χ0n) is 16.4. The summed E-state index contributed by atoms with van der Waals surface area (Å²) >= 11 is 0. The second kappa shape index (κ2) is 9.26. The maximum absolute atomic E-state index is 13.1. The Bertz CT molecular complexity index is 805. The van der Waals surface area contributed by atoms with Crippen LogP contribution in [0.2, 0.25) is 0 Å². The molecule has 3 rings (SSSR count). The second-order valence-electron chi connectivity index (χ2n) is 7.20. The second-order valence-corrected chi connectivity index (χ2v) is 7.20. The molecule has 2 aromatic rings. The molecule has 8 heteroatoms. The molecule has 0 atom stereocenters. The van der Waals surface area contributed by atoms with E-state index in [1.807, 2.05) is 23.1 Å². The van der Waals surface area contributed by atoms with Gasteiger partial charge in [-0.3, -0.25) is 4.79 Å². The summed E-state index contributed by atoms with van der Waals surface area (Å²) in [5, 5.41) is 0. The average Bonchev–Trinajstić information content (AvgIpc) is 2.72. The summed E-state index contributed by atoms with van der Waals surface area (Å²) in [4.78, 5) is 22.6. The van der Waals surface area contributed by atoms with Crippen LogP contribution in [0.25, 0.3) is 0 Å². The molecule has 1 aromatic carbocycles. The predicted molar refractivity (Wildman–Crippen MR) is 105 cm³/mol. The van der Waals surface area contributed by atoms with E-state index in [1.54, 1.807) is 24.2 Å². The summed E-state index contributed by atoms with van der Waals surface area (Å²) in [7, 11) is 1.74. The molecule has 156 valence electrons. The van der Waals surface area contributed by atoms with E-state index in [0.717, 1.165) is 25.0 Å². The molecular weight excluding hydrogens is 381 g/mol. The van der Waals surface area contributed by atoms with Crippen molar-refractivity contribution in [1.29, 1.82) is 0 Å². The fourth-order valence-corrected chi connectivity index (χ4v) is 3.47. The number of carbonyl (C=O) groups is 1. The van der Waals surface area contributed by atoms with Gasteiger partial charge in [-0.1, -0.05) is 24.3 Å². The monoisotopic (exact) mass is 406 g/mol. The Morgan fingerprint density at radius 3 is 2.41 bits per heavy atom. The number of nitrogens with zero attached hydrogens (tertiary/aromatic N) is 4. The Balaban J connectivity index is 1.47. The number of benzene rings is 1. The number of hydrogen-bond donors (Lipinski definition) is 0. The van der Waals surface area contributed by atoms with E-state index < -0.39 is 11.7 Å². The Hall–Kier alpha value is -2.61. The lowest BCUT2D eigenvalue weighted by Crippen LogP contribution is -2.49. The third-order valence-electron chi connectivity index (χ3n) is 5.08. The topological polar surface area (TPSA) is 39.7 Å². The molecule has 2 heterocycles. The Labute approximate surface area is 168 Å². The zero-order valence-corrected chi connectivity index (χ0v) is 16.4. The van der Waals surface area contributed by atoms with Crippen molar-refractivity contribution in [2.75, 3.05) is 44.7 Å². The van der Waals surface area contributed by atoms with Crippen molar-refractivity contribution < 1.29 is 18.0 Å². The summed E-state index contributed by atoms with van der Waals surface area (Å²) in [6, 6.07) is 11.3. The quantitative estimate of drug-likeness (QED) is 0.738. The van der Waals surface area contributed by atoms with Gasteiger partial charge in [-0.15, -0.1) is 0 Å². The summed E-state index contributed by atoms with van der Waals surface area (Å²) in [6.45, 7) is 3.24. The standard InChI is InChI=1S/C21H25F3N4O/c1-26(16-17-6-2-3-7-18(17)21(22,23)24)11-9-20(29)28-14-12-27(13-15-28)19-8-4-5-10-25-19/h2-8,10H,9,11-16H2,1H3. The number of anilines is 1. The van der Waals surface area contributed by atoms with Gasteiger partial charge in [-0.25, -0.2) is 4.98 Å². The minimum absolute atomic E-state index is 0.0293. The number of amides is 1. The van der Waals surface area contributed by atoms with Gasteiger partial charge in [-0.05, 0) is 30.8 Å². The molecule has 0 radical (unpaired) electrons. The van der Waals surface area contributed by atoms with Gasteiger partial charge in [0.05, 0.1) is 5.56 Å². The largest absolute Gasteiger partial charge is 0.416 e. The minimum atomic E-state index is -4.37. The Kier molecular flexibility index (Phi) is 6.74. The fourth-order valence-electron chi connectivity index (χ4n) is 3.47. The lowest BCUT2D eigenvalue weighted by atomic mass is 10.1. The Morgan fingerprint density at radius 1 is 1.07 bits per heavy atom. The van der Waals surface area contributed by atoms with Gasteiger partial charge in [-0.2, -0.15) is 13.2 Å². The van der Waals surface area contributed by atoms with E-state index in [1.165, 1.54) is 12.1 Å². The summed E-state index contributed by atoms with van der Waals surface area (Å²) in [5.74, 6) is 0.935. The van der Waals surface area contributed by atoms with E-state index in [9.17, 15) is 18.0 Å². The molecule has 1 aliphatic rings. The molecule has 0 saturated carbocycles. The maximum Gasteiger partial charge on any atom is 0.416 e. The van der Waals surface area contributed by atoms with E-state index >= 15 is 0 Å². The summed E-state index contributed by atoms with van der Waals surface area (Å²) < 4.78 is 39.4. The summed E-state index contributed by atoms with van der Waals surface area (Å²) in [6.07, 6.45) is -2.34. The van der Waals surface area contributed by atoms with Gasteiger partial charge in [0, 0.05) is 51.9 Å². The van der Waals surface area contributed by atoms with Crippen molar-refractivity contribution in [2.45, 2.75) is 19.1 Å². The number of hydrogen-bond acceptors (Lipinski definition) is 4. The normalized spacial score (nSPS) is 15.1. The predicted octanol–water partition coefficient (Wildman–Crippen LogP) is 3.27. The molecule has 5 nitrogen and oxygen atoms in total. The van der Waals surface area contributed by atoms with Gasteiger partial charge >= 0.3 is 6.18 Å². The van der Waals surface area contributed by atoms with E-state index in [-0.39, 0.29) is 24.4 Å². The number of halogens is 3. The third kappa shape index (κ3) is 5.69. The Morgan fingerprint density at radius 2 is 1.76 bits per heavy atom. The first-order chi connectivity index (χ1) is 13.8. The van der Waals surface area contributed by atoms with Crippen LogP contribution >= 0.6 is 0 Å². The first-order valence-electron chi connectivity index (χ1n) is 9.62. The molecule has 0 unspecified atom stereocenters. The van der Waals surface area contributed by atoms with Crippen LogP contribution in [0.5, 0.6) is 0 Å². The smallest absolute Gasteiger partial charge is 0.353 e. The third-order valence-corrected chi connectivity index (χ3v) is 5.08. The zero-order chi connectivity index (χ0) is 20.9. The molecular formula is C21H25F3N4O. The van der Waals surface area contributed by atoms with E-state index in [0.29, 0.717) is 19.6 Å². The lowest BCUT2D eigenvalue weighted by molar-refractivity contribution is -0.138. The number of aromatic nitrogens is 1. The molecule has 1 saturated heterocycles. The number of rotatable bonds is 6. The van der Waals surface area contributed by atoms with Crippen LogP contribution in [0.4, 0.5) is 19.0 Å². The van der Waals surface area contributed by atoms with Crippen LogP contribution in [-0.2, 0) is 17.5 Å². The highest BCUT2D eigenvalue weighted by Crippen LogP contribution is 2.32. The van der Waals surface area contributed by atoms with Crippen molar-refractivity contribution in [3.63, 3.8) is 0 Å². The molecule has 1 aliphatic heterocycles. The molecule has 1 amide bonds. The van der Waals surface area contributed by atoms with Crippen LogP contribution in [0.15, 0.2) is 48.7 Å². The van der Waals surface area contributed by atoms with Gasteiger partial charge in [0.1, 0.15) is 5.82 Å². The first-order valence-corrected chi connectivity index (χ1v) is 9.62. The van der Waals surface area contributed by atoms with Crippen LogP contribution in [0.3, 0.4) is 0 Å². The maximum atomic E-state index is 13.1. The van der Waals surface area contributed by atoms with Crippen LogP contribution in [0.1, 0.15) is 17.5 Å². The van der Waals surface area contributed by atoms with Gasteiger partial charge in [0.25, 0.3) is 0 Å². The number of carbonyl (C=O) groups excluding carboxylic acids is 1.